The predicted octanol–water partition coefficient (Wildman–Crippen LogP) is 2.19. The molecule has 114 valence electrons. The Hall–Kier alpha value is -2.65. The fraction of sp³-hybridized carbons (Fsp3) is 0.273. The van der Waals surface area contributed by atoms with E-state index in [1.165, 1.54) is 12.2 Å². The van der Waals surface area contributed by atoms with Crippen LogP contribution in [0.25, 0.3) is 0 Å². The van der Waals surface area contributed by atoms with Crippen LogP contribution in [0, 0.1) is 17.0 Å². The molecule has 0 unspecified atom stereocenters. The van der Waals surface area contributed by atoms with Crippen LogP contribution >= 0.6 is 0 Å². The Labute approximate surface area is 115 Å². The Morgan fingerprint density at radius 2 is 1.90 bits per heavy atom. The third-order valence-corrected chi connectivity index (χ3v) is 2.45. The summed E-state index contributed by atoms with van der Waals surface area (Å²) in [5.41, 5.74) is -1.58. The zero-order chi connectivity index (χ0) is 16.4. The average molecular weight is 306 g/mol. The molecule has 0 aromatic heterocycles. The molecule has 0 fully saturated rings. The Bertz CT molecular complexity index is 613. The molecule has 0 spiro atoms. The Morgan fingerprint density at radius 1 is 1.33 bits per heavy atom. The highest BCUT2D eigenvalue weighted by Crippen LogP contribution is 2.30. The van der Waals surface area contributed by atoms with E-state index in [4.69, 9.17) is 0 Å². The third-order valence-electron chi connectivity index (χ3n) is 2.45. The number of nitro benzene ring substituents is 1. The minimum Gasteiger partial charge on any atom is -0.465 e. The number of methoxy groups -OCH3 is 1. The van der Waals surface area contributed by atoms with Gasteiger partial charge in [0, 0.05) is 6.07 Å². The maximum atomic E-state index is 12.2. The molecule has 10 heteroatoms. The van der Waals surface area contributed by atoms with Crippen molar-refractivity contribution in [3.05, 3.63) is 33.4 Å². The molecule has 0 saturated carbocycles. The number of nitro groups is 1. The number of nitrogens with zero attached hydrogens (tertiary/aromatic N) is 1. The van der Waals surface area contributed by atoms with Crippen LogP contribution in [-0.4, -0.2) is 30.1 Å². The number of esters is 1. The monoisotopic (exact) mass is 306 g/mol. The molecule has 1 rings (SSSR count). The van der Waals surface area contributed by atoms with E-state index in [9.17, 15) is 32.9 Å². The lowest BCUT2D eigenvalue weighted by Gasteiger charge is -2.11. The number of aryl methyl sites for hydroxylation is 1. The summed E-state index contributed by atoms with van der Waals surface area (Å²) in [6, 6.07) is 1.64. The summed E-state index contributed by atoms with van der Waals surface area (Å²) in [5.74, 6) is -3.24. The van der Waals surface area contributed by atoms with Crippen LogP contribution in [0.1, 0.15) is 15.9 Å². The number of ether oxygens (including phenoxy) is 1. The highest BCUT2D eigenvalue weighted by atomic mass is 19.4. The topological polar surface area (TPSA) is 98.5 Å². The molecule has 0 heterocycles. The standard InChI is InChI=1S/C11H9F3N2O5/c1-5-3-7(15-10(18)11(12,13)14)8(16(19)20)4-6(5)9(17)21-2/h3-4H,1-2H3,(H,15,18). The fourth-order valence-corrected chi connectivity index (χ4v) is 1.47. The van der Waals surface area contributed by atoms with Gasteiger partial charge in [0.15, 0.2) is 0 Å². The molecule has 1 amide bonds. The van der Waals surface area contributed by atoms with E-state index in [-0.39, 0.29) is 11.1 Å². The van der Waals surface area contributed by atoms with Gasteiger partial charge in [-0.2, -0.15) is 13.2 Å². The van der Waals surface area contributed by atoms with E-state index < -0.39 is 34.4 Å². The van der Waals surface area contributed by atoms with Crippen molar-refractivity contribution in [1.29, 1.82) is 0 Å². The summed E-state index contributed by atoms with van der Waals surface area (Å²) >= 11 is 0. The first kappa shape index (κ1) is 16.4. The summed E-state index contributed by atoms with van der Waals surface area (Å²) in [6.07, 6.45) is -5.19. The van der Waals surface area contributed by atoms with Crippen LogP contribution in [0.5, 0.6) is 0 Å². The quantitative estimate of drug-likeness (QED) is 0.524. The smallest absolute Gasteiger partial charge is 0.465 e. The molecule has 0 radical (unpaired) electrons. The second-order valence-electron chi connectivity index (χ2n) is 3.88. The Balaban J connectivity index is 3.33. The molecular formula is C11H9F3N2O5. The number of carbonyl (C=O) groups is 2. The summed E-state index contributed by atoms with van der Waals surface area (Å²) in [7, 11) is 1.05. The van der Waals surface area contributed by atoms with Gasteiger partial charge in [-0.1, -0.05) is 0 Å². The number of amides is 1. The maximum absolute atomic E-state index is 12.2. The van der Waals surface area contributed by atoms with Crippen LogP contribution < -0.4 is 5.32 Å². The van der Waals surface area contributed by atoms with Crippen molar-refractivity contribution in [3.63, 3.8) is 0 Å². The molecule has 21 heavy (non-hydrogen) atoms. The molecule has 0 atom stereocenters. The highest BCUT2D eigenvalue weighted by Gasteiger charge is 2.39. The number of benzene rings is 1. The van der Waals surface area contributed by atoms with Crippen molar-refractivity contribution in [2.24, 2.45) is 0 Å². The van der Waals surface area contributed by atoms with Crippen molar-refractivity contribution in [3.8, 4) is 0 Å². The van der Waals surface area contributed by atoms with Gasteiger partial charge in [-0.3, -0.25) is 14.9 Å². The van der Waals surface area contributed by atoms with Gasteiger partial charge in [-0.05, 0) is 18.6 Å². The zero-order valence-corrected chi connectivity index (χ0v) is 10.8. The van der Waals surface area contributed by atoms with Crippen molar-refractivity contribution in [1.82, 2.24) is 0 Å². The number of nitrogens with one attached hydrogen (secondary N) is 1. The molecule has 7 nitrogen and oxygen atoms in total. The van der Waals surface area contributed by atoms with Crippen LogP contribution in [0.15, 0.2) is 12.1 Å². The minimum atomic E-state index is -5.19. The lowest BCUT2D eigenvalue weighted by Crippen LogP contribution is -2.30. The number of alkyl halides is 3. The van der Waals surface area contributed by atoms with Crippen molar-refractivity contribution < 1.29 is 32.4 Å². The summed E-state index contributed by atoms with van der Waals surface area (Å²) in [6.45, 7) is 1.33. The largest absolute Gasteiger partial charge is 0.471 e. The van der Waals surface area contributed by atoms with Gasteiger partial charge in [0.2, 0.25) is 0 Å². The average Bonchev–Trinajstić information content (AvgIpc) is 2.36. The van der Waals surface area contributed by atoms with E-state index in [0.29, 0.717) is 0 Å². The van der Waals surface area contributed by atoms with Crippen LogP contribution in [0.3, 0.4) is 0 Å². The molecule has 1 aromatic carbocycles. The van der Waals surface area contributed by atoms with Gasteiger partial charge in [-0.15, -0.1) is 0 Å². The van der Waals surface area contributed by atoms with E-state index in [1.54, 1.807) is 0 Å². The van der Waals surface area contributed by atoms with Crippen molar-refractivity contribution in [2.75, 3.05) is 12.4 Å². The minimum absolute atomic E-state index is 0.116. The lowest BCUT2D eigenvalue weighted by molar-refractivity contribution is -0.384. The summed E-state index contributed by atoms with van der Waals surface area (Å²) < 4.78 is 40.9. The number of halogens is 3. The number of carbonyl (C=O) groups excluding carboxylic acids is 2. The lowest BCUT2D eigenvalue weighted by atomic mass is 10.1. The summed E-state index contributed by atoms with van der Waals surface area (Å²) in [4.78, 5) is 32.1. The van der Waals surface area contributed by atoms with Crippen molar-refractivity contribution in [2.45, 2.75) is 13.1 Å². The second kappa shape index (κ2) is 5.77. The molecule has 1 aromatic rings. The molecule has 1 N–H and O–H groups in total. The SMILES string of the molecule is COC(=O)c1cc([N+](=O)[O-])c(NC(=O)C(F)(F)F)cc1C. The van der Waals surface area contributed by atoms with E-state index in [0.717, 1.165) is 19.2 Å². The zero-order valence-electron chi connectivity index (χ0n) is 10.8. The number of rotatable bonds is 3. The van der Waals surface area contributed by atoms with Crippen LogP contribution in [-0.2, 0) is 9.53 Å². The second-order valence-corrected chi connectivity index (χ2v) is 3.88. The fourth-order valence-electron chi connectivity index (χ4n) is 1.47. The summed E-state index contributed by atoms with van der Waals surface area (Å²) in [5, 5.41) is 12.2. The first-order valence-corrected chi connectivity index (χ1v) is 5.33. The normalized spacial score (nSPS) is 10.9. The predicted molar refractivity (Wildman–Crippen MR) is 63.9 cm³/mol. The van der Waals surface area contributed by atoms with E-state index in [2.05, 4.69) is 4.74 Å². The molecule has 0 bridgehead atoms. The maximum Gasteiger partial charge on any atom is 0.471 e. The third kappa shape index (κ3) is 3.68. The Kier molecular flexibility index (Phi) is 4.51. The highest BCUT2D eigenvalue weighted by molar-refractivity contribution is 5.99. The van der Waals surface area contributed by atoms with Gasteiger partial charge in [0.25, 0.3) is 5.69 Å². The number of anilines is 1. The molecule has 0 aliphatic carbocycles. The first-order chi connectivity index (χ1) is 9.57. The Morgan fingerprint density at radius 3 is 2.33 bits per heavy atom. The molecule has 0 aliphatic heterocycles. The molecular weight excluding hydrogens is 297 g/mol. The van der Waals surface area contributed by atoms with Crippen molar-refractivity contribution >= 4 is 23.3 Å². The van der Waals surface area contributed by atoms with Gasteiger partial charge in [-0.25, -0.2) is 4.79 Å². The number of hydrogen-bond acceptors (Lipinski definition) is 5. The number of hydrogen-bond donors (Lipinski definition) is 1. The van der Waals surface area contributed by atoms with Gasteiger partial charge in [0.1, 0.15) is 5.69 Å². The van der Waals surface area contributed by atoms with Crippen LogP contribution in [0.2, 0.25) is 0 Å². The molecule has 0 aliphatic rings. The van der Waals surface area contributed by atoms with Gasteiger partial charge >= 0.3 is 18.1 Å². The van der Waals surface area contributed by atoms with Gasteiger partial charge < -0.3 is 10.1 Å². The first-order valence-electron chi connectivity index (χ1n) is 5.33. The molecule has 0 saturated heterocycles. The van der Waals surface area contributed by atoms with Gasteiger partial charge in [0.05, 0.1) is 17.6 Å². The van der Waals surface area contributed by atoms with E-state index in [1.807, 2.05) is 0 Å². The van der Waals surface area contributed by atoms with E-state index >= 15 is 0 Å². The van der Waals surface area contributed by atoms with Crippen LogP contribution in [0.4, 0.5) is 24.5 Å².